The van der Waals surface area contributed by atoms with E-state index >= 15 is 0 Å². The van der Waals surface area contributed by atoms with Crippen molar-refractivity contribution >= 4 is 11.6 Å². The highest BCUT2D eigenvalue weighted by atomic mass is 16.5. The first-order valence-corrected chi connectivity index (χ1v) is 9.78. The second-order valence-corrected chi connectivity index (χ2v) is 7.13. The molecule has 1 amide bonds. The van der Waals surface area contributed by atoms with Crippen molar-refractivity contribution in [3.05, 3.63) is 59.9 Å². The number of carbonyl (C=O) groups is 1. The number of nitrogens with zero attached hydrogens (tertiary/aromatic N) is 2. The molecule has 1 aliphatic rings. The zero-order chi connectivity index (χ0) is 18.9. The number of pyridine rings is 1. The zero-order valence-corrected chi connectivity index (χ0v) is 16.1. The van der Waals surface area contributed by atoms with Gasteiger partial charge in [-0.1, -0.05) is 30.3 Å². The minimum atomic E-state index is 0.0358. The van der Waals surface area contributed by atoms with Crippen molar-refractivity contribution in [2.45, 2.75) is 25.7 Å². The van der Waals surface area contributed by atoms with Gasteiger partial charge in [-0.25, -0.2) is 0 Å². The lowest BCUT2D eigenvalue weighted by Gasteiger charge is -2.32. The maximum Gasteiger partial charge on any atom is 0.272 e. The first-order valence-electron chi connectivity index (χ1n) is 9.78. The van der Waals surface area contributed by atoms with E-state index < -0.39 is 0 Å². The third-order valence-electron chi connectivity index (χ3n) is 5.10. The number of likely N-dealkylation sites (tertiary alicyclic amines) is 1. The second-order valence-electron chi connectivity index (χ2n) is 7.13. The van der Waals surface area contributed by atoms with E-state index in [-0.39, 0.29) is 5.91 Å². The third kappa shape index (κ3) is 5.79. The Balaban J connectivity index is 1.50. The van der Waals surface area contributed by atoms with Crippen LogP contribution in [0.4, 0.5) is 5.69 Å². The molecule has 1 aromatic heterocycles. The summed E-state index contributed by atoms with van der Waals surface area (Å²) < 4.78 is 5.05. The maximum absolute atomic E-state index is 12.8. The van der Waals surface area contributed by atoms with Gasteiger partial charge in [-0.05, 0) is 49.3 Å². The maximum atomic E-state index is 12.8. The number of ether oxygens (including phenoxy) is 1. The molecule has 1 aliphatic heterocycles. The molecule has 27 heavy (non-hydrogen) atoms. The molecule has 144 valence electrons. The highest BCUT2D eigenvalue weighted by Gasteiger charge is 2.24. The van der Waals surface area contributed by atoms with Gasteiger partial charge in [-0.3, -0.25) is 9.78 Å². The summed E-state index contributed by atoms with van der Waals surface area (Å²) in [5, 5.41) is 3.32. The Morgan fingerprint density at radius 3 is 2.74 bits per heavy atom. The predicted molar refractivity (Wildman–Crippen MR) is 108 cm³/mol. The molecule has 1 aromatic carbocycles. The highest BCUT2D eigenvalue weighted by molar-refractivity contribution is 5.93. The van der Waals surface area contributed by atoms with Crippen LogP contribution in [0.3, 0.4) is 0 Å². The van der Waals surface area contributed by atoms with Crippen molar-refractivity contribution in [1.29, 1.82) is 0 Å². The summed E-state index contributed by atoms with van der Waals surface area (Å²) in [6.45, 7) is 3.16. The number of methoxy groups -OCH3 is 1. The van der Waals surface area contributed by atoms with Gasteiger partial charge in [0.2, 0.25) is 0 Å². The molecule has 0 aliphatic carbocycles. The Hall–Kier alpha value is -2.40. The first kappa shape index (κ1) is 19.4. The topological polar surface area (TPSA) is 54.5 Å². The fourth-order valence-electron chi connectivity index (χ4n) is 3.56. The van der Waals surface area contributed by atoms with E-state index in [1.165, 1.54) is 5.56 Å². The molecule has 0 saturated carbocycles. The van der Waals surface area contributed by atoms with Crippen molar-refractivity contribution < 1.29 is 9.53 Å². The number of benzene rings is 1. The number of hydrogen-bond acceptors (Lipinski definition) is 4. The van der Waals surface area contributed by atoms with Gasteiger partial charge in [0.05, 0.1) is 0 Å². The number of anilines is 1. The number of carbonyl (C=O) groups excluding carboxylic acids is 1. The molecule has 2 heterocycles. The predicted octanol–water partition coefficient (Wildman–Crippen LogP) is 3.62. The zero-order valence-electron chi connectivity index (χ0n) is 16.1. The number of amides is 1. The number of piperidine rings is 1. The monoisotopic (exact) mass is 367 g/mol. The summed E-state index contributed by atoms with van der Waals surface area (Å²) in [5.74, 6) is 0.687. The van der Waals surface area contributed by atoms with Gasteiger partial charge in [0.25, 0.3) is 5.91 Å². The van der Waals surface area contributed by atoms with E-state index in [0.29, 0.717) is 11.6 Å². The van der Waals surface area contributed by atoms with E-state index in [1.54, 1.807) is 13.3 Å². The Kier molecular flexibility index (Phi) is 7.22. The Labute approximate surface area is 161 Å². The molecule has 0 unspecified atom stereocenters. The van der Waals surface area contributed by atoms with E-state index in [0.717, 1.165) is 57.6 Å². The fourth-order valence-corrected chi connectivity index (χ4v) is 3.56. The van der Waals surface area contributed by atoms with Crippen LogP contribution in [0.25, 0.3) is 0 Å². The van der Waals surface area contributed by atoms with Crippen molar-refractivity contribution in [2.24, 2.45) is 5.92 Å². The smallest absolute Gasteiger partial charge is 0.272 e. The molecule has 0 atom stereocenters. The van der Waals surface area contributed by atoms with E-state index in [9.17, 15) is 4.79 Å². The van der Waals surface area contributed by atoms with Crippen molar-refractivity contribution in [2.75, 3.05) is 38.7 Å². The average molecular weight is 367 g/mol. The summed E-state index contributed by atoms with van der Waals surface area (Å²) >= 11 is 0. The van der Waals surface area contributed by atoms with E-state index in [2.05, 4.69) is 40.6 Å². The van der Waals surface area contributed by atoms with Gasteiger partial charge < -0.3 is 15.0 Å². The molecular formula is C22H29N3O2. The van der Waals surface area contributed by atoms with E-state index in [1.807, 2.05) is 17.0 Å². The van der Waals surface area contributed by atoms with Crippen LogP contribution in [0.5, 0.6) is 0 Å². The molecule has 0 radical (unpaired) electrons. The molecule has 5 heteroatoms. The van der Waals surface area contributed by atoms with Gasteiger partial charge in [0, 0.05) is 45.2 Å². The molecule has 0 bridgehead atoms. The average Bonchev–Trinajstić information content (AvgIpc) is 2.72. The van der Waals surface area contributed by atoms with Crippen LogP contribution in [0, 0.1) is 5.92 Å². The van der Waals surface area contributed by atoms with Gasteiger partial charge in [-0.2, -0.15) is 0 Å². The fraction of sp³-hybridized carbons (Fsp3) is 0.455. The van der Waals surface area contributed by atoms with Gasteiger partial charge in [0.15, 0.2) is 0 Å². The van der Waals surface area contributed by atoms with Crippen LogP contribution >= 0.6 is 0 Å². The Bertz CT molecular complexity index is 713. The molecule has 0 spiro atoms. The summed E-state index contributed by atoms with van der Waals surface area (Å²) in [6.07, 6.45) is 5.83. The van der Waals surface area contributed by atoms with Crippen LogP contribution < -0.4 is 5.32 Å². The minimum absolute atomic E-state index is 0.0358. The van der Waals surface area contributed by atoms with Crippen molar-refractivity contribution in [3.8, 4) is 0 Å². The summed E-state index contributed by atoms with van der Waals surface area (Å²) in [7, 11) is 1.70. The lowest BCUT2D eigenvalue weighted by atomic mass is 9.90. The summed E-state index contributed by atoms with van der Waals surface area (Å²) in [5.41, 5.74) is 2.84. The van der Waals surface area contributed by atoms with Crippen LogP contribution in [0.1, 0.15) is 35.3 Å². The normalized spacial score (nSPS) is 14.9. The number of nitrogens with one attached hydrogen (secondary N) is 1. The van der Waals surface area contributed by atoms with Gasteiger partial charge >= 0.3 is 0 Å². The van der Waals surface area contributed by atoms with Crippen LogP contribution in [0.15, 0.2) is 48.7 Å². The first-order chi connectivity index (χ1) is 13.3. The van der Waals surface area contributed by atoms with Crippen molar-refractivity contribution in [1.82, 2.24) is 9.88 Å². The quantitative estimate of drug-likeness (QED) is 0.724. The SMILES string of the molecule is COCCCNc1ccnc(C(=O)N2CCC(Cc3ccccc3)CC2)c1. The highest BCUT2D eigenvalue weighted by Crippen LogP contribution is 2.23. The van der Waals surface area contributed by atoms with E-state index in [4.69, 9.17) is 4.74 Å². The van der Waals surface area contributed by atoms with Crippen molar-refractivity contribution in [3.63, 3.8) is 0 Å². The lowest BCUT2D eigenvalue weighted by Crippen LogP contribution is -2.39. The van der Waals surface area contributed by atoms with Gasteiger partial charge in [-0.15, -0.1) is 0 Å². The number of aromatic nitrogens is 1. The molecule has 2 aromatic rings. The summed E-state index contributed by atoms with van der Waals surface area (Å²) in [6, 6.07) is 14.4. The number of rotatable bonds is 8. The van der Waals surface area contributed by atoms with Crippen LogP contribution in [-0.4, -0.2) is 49.1 Å². The van der Waals surface area contributed by atoms with Gasteiger partial charge in [0.1, 0.15) is 5.69 Å². The molecular weight excluding hydrogens is 338 g/mol. The summed E-state index contributed by atoms with van der Waals surface area (Å²) in [4.78, 5) is 19.0. The molecule has 5 nitrogen and oxygen atoms in total. The van der Waals surface area contributed by atoms with Crippen LogP contribution in [0.2, 0.25) is 0 Å². The van der Waals surface area contributed by atoms with Crippen LogP contribution in [-0.2, 0) is 11.2 Å². The Morgan fingerprint density at radius 2 is 2.00 bits per heavy atom. The molecule has 3 rings (SSSR count). The Morgan fingerprint density at radius 1 is 1.22 bits per heavy atom. The minimum Gasteiger partial charge on any atom is -0.385 e. The standard InChI is InChI=1S/C22H29N3O2/c1-27-15-5-11-23-20-8-12-24-21(17-20)22(26)25-13-9-19(10-14-25)16-18-6-3-2-4-7-18/h2-4,6-8,12,17,19H,5,9-11,13-16H2,1H3,(H,23,24). The second kappa shape index (κ2) is 10.1. The third-order valence-corrected chi connectivity index (χ3v) is 5.10. The number of hydrogen-bond donors (Lipinski definition) is 1. The molecule has 1 fully saturated rings. The lowest BCUT2D eigenvalue weighted by molar-refractivity contribution is 0.0684. The largest absolute Gasteiger partial charge is 0.385 e. The molecule has 1 saturated heterocycles. The molecule has 1 N–H and O–H groups in total.